The van der Waals surface area contributed by atoms with E-state index in [1.807, 2.05) is 42.1 Å². The van der Waals surface area contributed by atoms with Crippen molar-refractivity contribution in [1.82, 2.24) is 20.4 Å². The van der Waals surface area contributed by atoms with Crippen LogP contribution in [0.5, 0.6) is 0 Å². The van der Waals surface area contributed by atoms with Gasteiger partial charge in [-0.25, -0.2) is 9.38 Å². The normalized spacial score (nSPS) is 11.4. The predicted octanol–water partition coefficient (Wildman–Crippen LogP) is 3.37. The van der Waals surface area contributed by atoms with E-state index in [0.717, 1.165) is 24.6 Å². The summed E-state index contributed by atoms with van der Waals surface area (Å²) in [6, 6.07) is 17.1. The predicted molar refractivity (Wildman–Crippen MR) is 111 cm³/mol. The number of halogens is 1. The summed E-state index contributed by atoms with van der Waals surface area (Å²) in [6.07, 6.45) is 4.34. The highest BCUT2D eigenvalue weighted by molar-refractivity contribution is 5.79. The van der Waals surface area contributed by atoms with Crippen molar-refractivity contribution >= 4 is 5.96 Å². The number of hydrogen-bond donors (Lipinski definition) is 2. The van der Waals surface area contributed by atoms with Crippen LogP contribution in [0.25, 0.3) is 0 Å². The number of hydrogen-bond acceptors (Lipinski definition) is 2. The molecule has 3 rings (SSSR count). The van der Waals surface area contributed by atoms with Crippen molar-refractivity contribution in [1.29, 1.82) is 0 Å². The van der Waals surface area contributed by atoms with E-state index >= 15 is 0 Å². The Bertz CT molecular complexity index is 889. The van der Waals surface area contributed by atoms with Gasteiger partial charge in [0.1, 0.15) is 5.82 Å². The van der Waals surface area contributed by atoms with Crippen molar-refractivity contribution in [3.63, 3.8) is 0 Å². The minimum Gasteiger partial charge on any atom is -0.357 e. The molecular formula is C22H26FN5. The second-order valence-electron chi connectivity index (χ2n) is 6.49. The molecule has 1 aromatic heterocycles. The van der Waals surface area contributed by atoms with Gasteiger partial charge in [-0.1, -0.05) is 42.5 Å². The zero-order chi connectivity index (χ0) is 19.6. The third-order valence-corrected chi connectivity index (χ3v) is 4.30. The lowest BCUT2D eigenvalue weighted by Gasteiger charge is -2.12. The molecule has 0 aliphatic carbocycles. The summed E-state index contributed by atoms with van der Waals surface area (Å²) in [7, 11) is 0. The highest BCUT2D eigenvalue weighted by atomic mass is 19.1. The minimum absolute atomic E-state index is 0.166. The SMILES string of the molecule is CCNC(=NCc1cccc(Cn2cccn2)c1)NCCc1ccccc1F. The molecule has 0 bridgehead atoms. The van der Waals surface area contributed by atoms with E-state index < -0.39 is 0 Å². The van der Waals surface area contributed by atoms with Gasteiger partial charge in [-0.15, -0.1) is 0 Å². The fourth-order valence-corrected chi connectivity index (χ4v) is 2.94. The van der Waals surface area contributed by atoms with Crippen molar-refractivity contribution in [2.24, 2.45) is 4.99 Å². The van der Waals surface area contributed by atoms with Gasteiger partial charge in [-0.05, 0) is 42.2 Å². The largest absolute Gasteiger partial charge is 0.357 e. The molecule has 0 aliphatic heterocycles. The quantitative estimate of drug-likeness (QED) is 0.466. The first-order valence-electron chi connectivity index (χ1n) is 9.55. The molecule has 1 heterocycles. The molecule has 0 unspecified atom stereocenters. The maximum Gasteiger partial charge on any atom is 0.191 e. The number of benzene rings is 2. The molecule has 5 nitrogen and oxygen atoms in total. The zero-order valence-corrected chi connectivity index (χ0v) is 16.1. The van der Waals surface area contributed by atoms with Crippen LogP contribution in [0.15, 0.2) is 72.0 Å². The smallest absolute Gasteiger partial charge is 0.191 e. The van der Waals surface area contributed by atoms with E-state index in [4.69, 9.17) is 0 Å². The number of aromatic nitrogens is 2. The third-order valence-electron chi connectivity index (χ3n) is 4.30. The average molecular weight is 379 g/mol. The lowest BCUT2D eigenvalue weighted by atomic mass is 10.1. The second kappa shape index (κ2) is 10.3. The molecule has 28 heavy (non-hydrogen) atoms. The molecule has 3 aromatic rings. The van der Waals surface area contributed by atoms with E-state index in [2.05, 4.69) is 38.9 Å². The molecule has 6 heteroatoms. The molecule has 0 saturated carbocycles. The Hall–Kier alpha value is -3.15. The van der Waals surface area contributed by atoms with Gasteiger partial charge in [0.15, 0.2) is 5.96 Å². The molecule has 0 radical (unpaired) electrons. The monoisotopic (exact) mass is 379 g/mol. The molecule has 2 N–H and O–H groups in total. The standard InChI is InChI=1S/C22H26FN5/c1-2-24-22(25-13-11-20-9-3-4-10-21(20)23)26-16-18-7-5-8-19(15-18)17-28-14-6-12-27-28/h3-10,12,14-15H,2,11,13,16-17H2,1H3,(H2,24,25,26). The van der Waals surface area contributed by atoms with Gasteiger partial charge >= 0.3 is 0 Å². The summed E-state index contributed by atoms with van der Waals surface area (Å²) in [5, 5.41) is 10.8. The van der Waals surface area contributed by atoms with E-state index in [1.165, 1.54) is 11.6 Å². The van der Waals surface area contributed by atoms with E-state index in [9.17, 15) is 4.39 Å². The van der Waals surface area contributed by atoms with Crippen LogP contribution in [-0.4, -0.2) is 28.8 Å². The highest BCUT2D eigenvalue weighted by Crippen LogP contribution is 2.09. The Morgan fingerprint density at radius 2 is 1.93 bits per heavy atom. The van der Waals surface area contributed by atoms with Crippen molar-refractivity contribution < 1.29 is 4.39 Å². The highest BCUT2D eigenvalue weighted by Gasteiger charge is 2.03. The molecular weight excluding hydrogens is 353 g/mol. The molecule has 146 valence electrons. The molecule has 0 atom stereocenters. The van der Waals surface area contributed by atoms with Crippen LogP contribution in [-0.2, 0) is 19.5 Å². The van der Waals surface area contributed by atoms with Gasteiger partial charge in [-0.2, -0.15) is 5.10 Å². The summed E-state index contributed by atoms with van der Waals surface area (Å²) in [5.74, 6) is 0.566. The first kappa shape index (κ1) is 19.6. The van der Waals surface area contributed by atoms with Crippen LogP contribution in [0, 0.1) is 5.82 Å². The minimum atomic E-state index is -0.166. The van der Waals surface area contributed by atoms with Crippen molar-refractivity contribution in [3.8, 4) is 0 Å². The molecule has 0 spiro atoms. The Labute approximate surface area is 165 Å². The lowest BCUT2D eigenvalue weighted by Crippen LogP contribution is -2.38. The van der Waals surface area contributed by atoms with Crippen molar-refractivity contribution in [2.45, 2.75) is 26.4 Å². The van der Waals surface area contributed by atoms with Crippen LogP contribution >= 0.6 is 0 Å². The van der Waals surface area contributed by atoms with Gasteiger partial charge in [0, 0.05) is 25.5 Å². The molecule has 2 aromatic carbocycles. The maximum atomic E-state index is 13.7. The molecule has 0 aliphatic rings. The van der Waals surface area contributed by atoms with Gasteiger partial charge in [0.2, 0.25) is 0 Å². The molecule has 0 amide bonds. The van der Waals surface area contributed by atoms with Crippen molar-refractivity contribution in [3.05, 3.63) is 89.5 Å². The third kappa shape index (κ3) is 5.94. The first-order valence-corrected chi connectivity index (χ1v) is 9.55. The van der Waals surface area contributed by atoms with Crippen LogP contribution in [0.4, 0.5) is 4.39 Å². The van der Waals surface area contributed by atoms with Gasteiger partial charge < -0.3 is 10.6 Å². The summed E-state index contributed by atoms with van der Waals surface area (Å²) in [4.78, 5) is 4.65. The second-order valence-corrected chi connectivity index (χ2v) is 6.49. The Morgan fingerprint density at radius 1 is 1.07 bits per heavy atom. The number of aliphatic imine (C=N–C) groups is 1. The van der Waals surface area contributed by atoms with Crippen LogP contribution < -0.4 is 10.6 Å². The van der Waals surface area contributed by atoms with E-state index in [-0.39, 0.29) is 5.82 Å². The van der Waals surface area contributed by atoms with Crippen LogP contribution in [0.1, 0.15) is 23.6 Å². The summed E-state index contributed by atoms with van der Waals surface area (Å²) in [6.45, 7) is 4.73. The number of guanidine groups is 1. The summed E-state index contributed by atoms with van der Waals surface area (Å²) < 4.78 is 15.6. The fraction of sp³-hybridized carbons (Fsp3) is 0.273. The van der Waals surface area contributed by atoms with Crippen molar-refractivity contribution in [2.75, 3.05) is 13.1 Å². The van der Waals surface area contributed by atoms with Crippen LogP contribution in [0.2, 0.25) is 0 Å². The average Bonchev–Trinajstić information content (AvgIpc) is 3.21. The van der Waals surface area contributed by atoms with Gasteiger partial charge in [-0.3, -0.25) is 4.68 Å². The maximum absolute atomic E-state index is 13.7. The first-order chi connectivity index (χ1) is 13.7. The number of nitrogens with one attached hydrogen (secondary N) is 2. The number of nitrogens with zero attached hydrogens (tertiary/aromatic N) is 3. The van der Waals surface area contributed by atoms with Gasteiger partial charge in [0.25, 0.3) is 0 Å². The zero-order valence-electron chi connectivity index (χ0n) is 16.1. The summed E-state index contributed by atoms with van der Waals surface area (Å²) >= 11 is 0. The van der Waals surface area contributed by atoms with Gasteiger partial charge in [0.05, 0.1) is 13.1 Å². The summed E-state index contributed by atoms with van der Waals surface area (Å²) in [5.41, 5.74) is 3.03. The number of rotatable bonds is 8. The Balaban J connectivity index is 1.57. The van der Waals surface area contributed by atoms with Crippen LogP contribution in [0.3, 0.4) is 0 Å². The topological polar surface area (TPSA) is 54.2 Å². The Morgan fingerprint density at radius 3 is 2.71 bits per heavy atom. The Kier molecular flexibility index (Phi) is 7.18. The molecule has 0 fully saturated rings. The molecule has 0 saturated heterocycles. The van der Waals surface area contributed by atoms with E-state index in [1.54, 1.807) is 12.3 Å². The fourth-order valence-electron chi connectivity index (χ4n) is 2.94. The van der Waals surface area contributed by atoms with E-state index in [0.29, 0.717) is 25.1 Å². The lowest BCUT2D eigenvalue weighted by molar-refractivity contribution is 0.606.